The molecule has 2 fully saturated rings. The summed E-state index contributed by atoms with van der Waals surface area (Å²) in [5.74, 6) is 1.80. The van der Waals surface area contributed by atoms with Gasteiger partial charge in [-0.2, -0.15) is 0 Å². The molecule has 100 valence electrons. The van der Waals surface area contributed by atoms with E-state index in [1.165, 1.54) is 45.3 Å². The van der Waals surface area contributed by atoms with Gasteiger partial charge in [0.15, 0.2) is 0 Å². The third kappa shape index (κ3) is 3.45. The second kappa shape index (κ2) is 5.27. The zero-order chi connectivity index (χ0) is 12.5. The third-order valence-electron chi connectivity index (χ3n) is 4.69. The maximum atomic E-state index is 3.33. The molecule has 2 nitrogen and oxygen atoms in total. The first kappa shape index (κ1) is 13.4. The Morgan fingerprint density at radius 1 is 1.29 bits per heavy atom. The van der Waals surface area contributed by atoms with Crippen molar-refractivity contribution >= 4 is 0 Å². The average Bonchev–Trinajstić information content (AvgIpc) is 2.63. The predicted molar refractivity (Wildman–Crippen MR) is 74.2 cm³/mol. The molecule has 0 aromatic rings. The summed E-state index contributed by atoms with van der Waals surface area (Å²) in [6.07, 6.45) is 5.64. The normalized spacial score (nSPS) is 38.5. The first-order valence-corrected chi connectivity index (χ1v) is 7.39. The lowest BCUT2D eigenvalue weighted by Gasteiger charge is -2.43. The maximum Gasteiger partial charge on any atom is 0.0103 e. The van der Waals surface area contributed by atoms with Crippen LogP contribution in [0.15, 0.2) is 0 Å². The molecule has 1 heterocycles. The van der Waals surface area contributed by atoms with E-state index >= 15 is 0 Å². The molecular formula is C15H30N2. The highest BCUT2D eigenvalue weighted by atomic mass is 15.2. The monoisotopic (exact) mass is 238 g/mol. The number of nitrogens with one attached hydrogen (secondary N) is 1. The SMILES string of the molecule is CNCC1CCN(C2CC(C)CC(C)(C)C2)C1. The Morgan fingerprint density at radius 2 is 2.06 bits per heavy atom. The van der Waals surface area contributed by atoms with Crippen molar-refractivity contribution in [3.8, 4) is 0 Å². The van der Waals surface area contributed by atoms with Crippen LogP contribution in [-0.4, -0.2) is 37.6 Å². The van der Waals surface area contributed by atoms with Crippen LogP contribution in [-0.2, 0) is 0 Å². The molecule has 0 radical (unpaired) electrons. The Hall–Kier alpha value is -0.0800. The summed E-state index contributed by atoms with van der Waals surface area (Å²) in [5.41, 5.74) is 0.559. The molecule has 17 heavy (non-hydrogen) atoms. The van der Waals surface area contributed by atoms with Gasteiger partial charge in [-0.15, -0.1) is 0 Å². The first-order valence-electron chi connectivity index (χ1n) is 7.39. The number of hydrogen-bond donors (Lipinski definition) is 1. The second-order valence-corrected chi connectivity index (χ2v) is 7.27. The standard InChI is InChI=1S/C15H30N2/c1-12-7-14(9-15(2,3)8-12)17-6-5-13(11-17)10-16-4/h12-14,16H,5-11H2,1-4H3. The molecule has 1 saturated heterocycles. The van der Waals surface area contributed by atoms with Crippen molar-refractivity contribution in [2.24, 2.45) is 17.3 Å². The van der Waals surface area contributed by atoms with E-state index in [2.05, 4.69) is 38.0 Å². The highest BCUT2D eigenvalue weighted by Gasteiger charge is 2.37. The Labute approximate surface area is 107 Å². The van der Waals surface area contributed by atoms with Gasteiger partial charge in [0.25, 0.3) is 0 Å². The van der Waals surface area contributed by atoms with Crippen molar-refractivity contribution in [1.29, 1.82) is 0 Å². The lowest BCUT2D eigenvalue weighted by molar-refractivity contribution is 0.0796. The van der Waals surface area contributed by atoms with Gasteiger partial charge in [-0.05, 0) is 63.1 Å². The topological polar surface area (TPSA) is 15.3 Å². The summed E-state index contributed by atoms with van der Waals surface area (Å²) in [7, 11) is 2.08. The van der Waals surface area contributed by atoms with E-state index in [1.54, 1.807) is 0 Å². The summed E-state index contributed by atoms with van der Waals surface area (Å²) in [6.45, 7) is 11.2. The van der Waals surface area contributed by atoms with Crippen LogP contribution in [0.3, 0.4) is 0 Å². The van der Waals surface area contributed by atoms with Crippen molar-refractivity contribution in [2.75, 3.05) is 26.7 Å². The molecule has 2 heteroatoms. The molecule has 0 amide bonds. The van der Waals surface area contributed by atoms with Crippen LogP contribution < -0.4 is 5.32 Å². The quantitative estimate of drug-likeness (QED) is 0.813. The molecule has 0 bridgehead atoms. The van der Waals surface area contributed by atoms with Crippen LogP contribution in [0.25, 0.3) is 0 Å². The van der Waals surface area contributed by atoms with Crippen LogP contribution >= 0.6 is 0 Å². The van der Waals surface area contributed by atoms with Crippen molar-refractivity contribution in [2.45, 2.75) is 52.5 Å². The number of rotatable bonds is 3. The smallest absolute Gasteiger partial charge is 0.0103 e. The van der Waals surface area contributed by atoms with Crippen molar-refractivity contribution in [3.63, 3.8) is 0 Å². The molecule has 3 unspecified atom stereocenters. The molecule has 0 aromatic carbocycles. The number of nitrogens with zero attached hydrogens (tertiary/aromatic N) is 1. The van der Waals surface area contributed by atoms with E-state index in [1.807, 2.05) is 0 Å². The summed E-state index contributed by atoms with van der Waals surface area (Å²) < 4.78 is 0. The summed E-state index contributed by atoms with van der Waals surface area (Å²) in [6, 6.07) is 0.857. The van der Waals surface area contributed by atoms with Gasteiger partial charge in [0.2, 0.25) is 0 Å². The zero-order valence-corrected chi connectivity index (χ0v) is 12.1. The lowest BCUT2D eigenvalue weighted by Crippen LogP contribution is -2.42. The lowest BCUT2D eigenvalue weighted by atomic mass is 9.70. The molecule has 3 atom stereocenters. The van der Waals surface area contributed by atoms with Gasteiger partial charge >= 0.3 is 0 Å². The fourth-order valence-electron chi connectivity index (χ4n) is 4.22. The fraction of sp³-hybridized carbons (Fsp3) is 1.00. The van der Waals surface area contributed by atoms with Crippen molar-refractivity contribution < 1.29 is 0 Å². The Morgan fingerprint density at radius 3 is 2.71 bits per heavy atom. The number of likely N-dealkylation sites (tertiary alicyclic amines) is 1. The minimum atomic E-state index is 0.559. The van der Waals surface area contributed by atoms with Crippen LogP contribution in [0.4, 0.5) is 0 Å². The van der Waals surface area contributed by atoms with Gasteiger partial charge in [0, 0.05) is 12.6 Å². The average molecular weight is 238 g/mol. The predicted octanol–water partition coefficient (Wildman–Crippen LogP) is 2.74. The van der Waals surface area contributed by atoms with E-state index in [4.69, 9.17) is 0 Å². The highest BCUT2D eigenvalue weighted by molar-refractivity contribution is 4.91. The largest absolute Gasteiger partial charge is 0.319 e. The maximum absolute atomic E-state index is 3.33. The Bertz CT molecular complexity index is 249. The molecule has 1 N–H and O–H groups in total. The first-order chi connectivity index (χ1) is 8.00. The minimum absolute atomic E-state index is 0.559. The summed E-state index contributed by atoms with van der Waals surface area (Å²) in [5, 5.41) is 3.33. The summed E-state index contributed by atoms with van der Waals surface area (Å²) in [4.78, 5) is 2.78. The Balaban J connectivity index is 1.90. The van der Waals surface area contributed by atoms with Crippen LogP contribution in [0, 0.1) is 17.3 Å². The van der Waals surface area contributed by atoms with E-state index in [0.29, 0.717) is 5.41 Å². The molecule has 1 saturated carbocycles. The van der Waals surface area contributed by atoms with Crippen LogP contribution in [0.1, 0.15) is 46.5 Å². The van der Waals surface area contributed by atoms with Crippen LogP contribution in [0.2, 0.25) is 0 Å². The molecule has 1 aliphatic carbocycles. The number of hydrogen-bond acceptors (Lipinski definition) is 2. The van der Waals surface area contributed by atoms with Crippen LogP contribution in [0.5, 0.6) is 0 Å². The molecule has 2 aliphatic rings. The van der Waals surface area contributed by atoms with Gasteiger partial charge in [-0.1, -0.05) is 20.8 Å². The second-order valence-electron chi connectivity index (χ2n) is 7.27. The molecule has 0 aromatic heterocycles. The van der Waals surface area contributed by atoms with Gasteiger partial charge < -0.3 is 10.2 Å². The molecule has 2 rings (SSSR count). The van der Waals surface area contributed by atoms with Gasteiger partial charge in [0.05, 0.1) is 0 Å². The van der Waals surface area contributed by atoms with Crippen molar-refractivity contribution in [1.82, 2.24) is 10.2 Å². The fourth-order valence-corrected chi connectivity index (χ4v) is 4.22. The van der Waals surface area contributed by atoms with E-state index in [9.17, 15) is 0 Å². The zero-order valence-electron chi connectivity index (χ0n) is 12.1. The molecule has 1 aliphatic heterocycles. The highest BCUT2D eigenvalue weighted by Crippen LogP contribution is 2.41. The minimum Gasteiger partial charge on any atom is -0.319 e. The Kier molecular flexibility index (Phi) is 4.14. The van der Waals surface area contributed by atoms with Gasteiger partial charge in [-0.3, -0.25) is 0 Å². The van der Waals surface area contributed by atoms with E-state index in [0.717, 1.165) is 17.9 Å². The summed E-state index contributed by atoms with van der Waals surface area (Å²) >= 11 is 0. The van der Waals surface area contributed by atoms with E-state index < -0.39 is 0 Å². The molecule has 0 spiro atoms. The van der Waals surface area contributed by atoms with Gasteiger partial charge in [0.1, 0.15) is 0 Å². The van der Waals surface area contributed by atoms with Gasteiger partial charge in [-0.25, -0.2) is 0 Å². The van der Waals surface area contributed by atoms with Crippen molar-refractivity contribution in [3.05, 3.63) is 0 Å². The molecular weight excluding hydrogens is 208 g/mol. The van der Waals surface area contributed by atoms with E-state index in [-0.39, 0.29) is 0 Å². The third-order valence-corrected chi connectivity index (χ3v) is 4.69.